The van der Waals surface area contributed by atoms with Gasteiger partial charge in [0.15, 0.2) is 0 Å². The largest absolute Gasteiger partial charge is 0.434 e. The first-order valence-corrected chi connectivity index (χ1v) is 6.67. The number of halogens is 3. The Hall–Kier alpha value is -1.61. The van der Waals surface area contributed by atoms with E-state index in [-0.39, 0.29) is 5.75 Å². The summed E-state index contributed by atoms with van der Waals surface area (Å²) in [7, 11) is 0. The molecule has 0 saturated carbocycles. The molecule has 0 aromatic heterocycles. The highest BCUT2D eigenvalue weighted by molar-refractivity contribution is 6.23. The van der Waals surface area contributed by atoms with Crippen molar-refractivity contribution in [3.05, 3.63) is 64.7 Å². The van der Waals surface area contributed by atoms with Gasteiger partial charge in [0.2, 0.25) is 0 Å². The molecular formula is C16H15ClF2O. The van der Waals surface area contributed by atoms with Crippen LogP contribution >= 0.6 is 11.6 Å². The summed E-state index contributed by atoms with van der Waals surface area (Å²) < 4.78 is 29.4. The van der Waals surface area contributed by atoms with E-state index in [1.807, 2.05) is 32.0 Å². The van der Waals surface area contributed by atoms with Crippen LogP contribution in [0.5, 0.6) is 5.75 Å². The Morgan fingerprint density at radius 1 is 1.00 bits per heavy atom. The molecule has 0 N–H and O–H groups in total. The van der Waals surface area contributed by atoms with E-state index in [0.717, 1.165) is 16.7 Å². The Kier molecular flexibility index (Phi) is 4.61. The Morgan fingerprint density at radius 3 is 2.35 bits per heavy atom. The zero-order valence-corrected chi connectivity index (χ0v) is 12.0. The summed E-state index contributed by atoms with van der Waals surface area (Å²) in [5, 5.41) is -0.523. The van der Waals surface area contributed by atoms with Crippen molar-refractivity contribution in [2.24, 2.45) is 0 Å². The predicted molar refractivity (Wildman–Crippen MR) is 76.7 cm³/mol. The summed E-state index contributed by atoms with van der Waals surface area (Å²) in [6, 6.07) is 12.5. The molecule has 0 aliphatic rings. The highest BCUT2D eigenvalue weighted by Crippen LogP contribution is 2.37. The van der Waals surface area contributed by atoms with Crippen molar-refractivity contribution in [2.45, 2.75) is 25.8 Å². The maximum Gasteiger partial charge on any atom is 0.387 e. The summed E-state index contributed by atoms with van der Waals surface area (Å²) >= 11 is 6.45. The van der Waals surface area contributed by atoms with Crippen LogP contribution in [0, 0.1) is 13.8 Å². The van der Waals surface area contributed by atoms with E-state index in [1.165, 1.54) is 6.07 Å². The minimum Gasteiger partial charge on any atom is -0.434 e. The Labute approximate surface area is 122 Å². The van der Waals surface area contributed by atoms with Gasteiger partial charge in [-0.1, -0.05) is 42.0 Å². The van der Waals surface area contributed by atoms with Crippen LogP contribution < -0.4 is 4.74 Å². The van der Waals surface area contributed by atoms with Crippen molar-refractivity contribution in [1.82, 2.24) is 0 Å². The van der Waals surface area contributed by atoms with Crippen molar-refractivity contribution < 1.29 is 13.5 Å². The first-order chi connectivity index (χ1) is 9.49. The van der Waals surface area contributed by atoms with Gasteiger partial charge in [-0.2, -0.15) is 8.78 Å². The van der Waals surface area contributed by atoms with Gasteiger partial charge in [0.05, 0.1) is 5.38 Å². The molecule has 106 valence electrons. The second-order valence-electron chi connectivity index (χ2n) is 4.64. The molecule has 0 heterocycles. The van der Waals surface area contributed by atoms with Gasteiger partial charge >= 0.3 is 6.61 Å². The fourth-order valence-electron chi connectivity index (χ4n) is 2.17. The topological polar surface area (TPSA) is 9.23 Å². The lowest BCUT2D eigenvalue weighted by Crippen LogP contribution is -2.06. The summed E-state index contributed by atoms with van der Waals surface area (Å²) in [5.41, 5.74) is 3.59. The molecule has 0 bridgehead atoms. The quantitative estimate of drug-likeness (QED) is 0.702. The minimum atomic E-state index is -2.86. The summed E-state index contributed by atoms with van der Waals surface area (Å²) in [6.07, 6.45) is 0. The lowest BCUT2D eigenvalue weighted by Gasteiger charge is -2.17. The van der Waals surface area contributed by atoms with Crippen LogP contribution in [0.3, 0.4) is 0 Å². The number of para-hydroxylation sites is 1. The molecule has 2 rings (SSSR count). The highest BCUT2D eigenvalue weighted by atomic mass is 35.5. The third-order valence-electron chi connectivity index (χ3n) is 3.11. The molecule has 0 spiro atoms. The van der Waals surface area contributed by atoms with E-state index in [9.17, 15) is 8.78 Å². The number of ether oxygens (including phenoxy) is 1. The van der Waals surface area contributed by atoms with Crippen LogP contribution in [0.4, 0.5) is 8.78 Å². The van der Waals surface area contributed by atoms with Crippen molar-refractivity contribution in [3.63, 3.8) is 0 Å². The molecule has 1 atom stereocenters. The van der Waals surface area contributed by atoms with E-state index >= 15 is 0 Å². The average Bonchev–Trinajstić information content (AvgIpc) is 2.38. The smallest absolute Gasteiger partial charge is 0.387 e. The van der Waals surface area contributed by atoms with E-state index in [4.69, 9.17) is 11.6 Å². The van der Waals surface area contributed by atoms with Gasteiger partial charge in [-0.25, -0.2) is 0 Å². The number of hydrogen-bond acceptors (Lipinski definition) is 1. The number of hydrogen-bond donors (Lipinski definition) is 0. The third kappa shape index (κ3) is 3.28. The van der Waals surface area contributed by atoms with Crippen molar-refractivity contribution in [2.75, 3.05) is 0 Å². The molecule has 0 radical (unpaired) electrons. The molecule has 4 heteroatoms. The van der Waals surface area contributed by atoms with Crippen molar-refractivity contribution in [3.8, 4) is 5.75 Å². The second kappa shape index (κ2) is 6.23. The molecule has 2 aromatic rings. The zero-order valence-electron chi connectivity index (χ0n) is 11.2. The maximum atomic E-state index is 12.4. The Bertz CT molecular complexity index is 599. The molecular weight excluding hydrogens is 282 g/mol. The fourth-order valence-corrected chi connectivity index (χ4v) is 2.60. The van der Waals surface area contributed by atoms with Crippen LogP contribution in [0.15, 0.2) is 42.5 Å². The van der Waals surface area contributed by atoms with Gasteiger partial charge in [0.1, 0.15) is 5.75 Å². The summed E-state index contributed by atoms with van der Waals surface area (Å²) in [5.74, 6) is 0.113. The average molecular weight is 297 g/mol. The van der Waals surface area contributed by atoms with Crippen molar-refractivity contribution >= 4 is 11.6 Å². The zero-order chi connectivity index (χ0) is 14.7. The third-order valence-corrected chi connectivity index (χ3v) is 3.58. The summed E-state index contributed by atoms with van der Waals surface area (Å²) in [4.78, 5) is 0. The maximum absolute atomic E-state index is 12.4. The molecule has 2 aromatic carbocycles. The Balaban J connectivity index is 2.40. The van der Waals surface area contributed by atoms with Crippen molar-refractivity contribution in [1.29, 1.82) is 0 Å². The fraction of sp³-hybridized carbons (Fsp3) is 0.250. The van der Waals surface area contributed by atoms with Crippen LogP contribution in [0.25, 0.3) is 0 Å². The minimum absolute atomic E-state index is 0.113. The number of rotatable bonds is 4. The second-order valence-corrected chi connectivity index (χ2v) is 5.08. The van der Waals surface area contributed by atoms with Gasteiger partial charge in [0, 0.05) is 5.56 Å². The number of benzene rings is 2. The Morgan fingerprint density at radius 2 is 1.70 bits per heavy atom. The van der Waals surface area contributed by atoms with Crippen LogP contribution in [0.1, 0.15) is 27.6 Å². The normalized spacial score (nSPS) is 12.5. The molecule has 1 unspecified atom stereocenters. The lowest BCUT2D eigenvalue weighted by atomic mass is 9.98. The van der Waals surface area contributed by atoms with E-state index in [0.29, 0.717) is 5.56 Å². The van der Waals surface area contributed by atoms with Gasteiger partial charge in [-0.05, 0) is 31.0 Å². The number of alkyl halides is 3. The molecule has 0 amide bonds. The van der Waals surface area contributed by atoms with E-state index < -0.39 is 12.0 Å². The molecule has 20 heavy (non-hydrogen) atoms. The monoisotopic (exact) mass is 296 g/mol. The first-order valence-electron chi connectivity index (χ1n) is 6.24. The van der Waals surface area contributed by atoms with Gasteiger partial charge in [0.25, 0.3) is 0 Å². The van der Waals surface area contributed by atoms with Crippen LogP contribution in [-0.4, -0.2) is 6.61 Å². The molecule has 0 fully saturated rings. The number of aryl methyl sites for hydroxylation is 2. The molecule has 0 aliphatic carbocycles. The van der Waals surface area contributed by atoms with Crippen LogP contribution in [-0.2, 0) is 0 Å². The summed E-state index contributed by atoms with van der Waals surface area (Å²) in [6.45, 7) is 1.08. The first kappa shape index (κ1) is 14.8. The van der Waals surface area contributed by atoms with Gasteiger partial charge in [-0.15, -0.1) is 11.6 Å². The van der Waals surface area contributed by atoms with Crippen LogP contribution in [0.2, 0.25) is 0 Å². The lowest BCUT2D eigenvalue weighted by molar-refractivity contribution is -0.0504. The van der Waals surface area contributed by atoms with Gasteiger partial charge < -0.3 is 4.74 Å². The molecule has 0 saturated heterocycles. The molecule has 0 aliphatic heterocycles. The van der Waals surface area contributed by atoms with E-state index in [2.05, 4.69) is 4.74 Å². The highest BCUT2D eigenvalue weighted by Gasteiger charge is 2.19. The molecule has 1 nitrogen and oxygen atoms in total. The SMILES string of the molecule is Cc1ccc(C(Cl)c2ccccc2OC(F)F)c(C)c1. The van der Waals surface area contributed by atoms with E-state index in [1.54, 1.807) is 18.2 Å². The predicted octanol–water partition coefficient (Wildman–Crippen LogP) is 5.23. The standard InChI is InChI=1S/C16H15ClF2O/c1-10-7-8-12(11(2)9-10)15(17)13-5-3-4-6-14(13)20-16(18)19/h3-9,15-16H,1-2H3. The van der Waals surface area contributed by atoms with Gasteiger partial charge in [-0.3, -0.25) is 0 Å².